The number of morpholine rings is 1. The zero-order valence-electron chi connectivity index (χ0n) is 16.6. The molecule has 0 aromatic heterocycles. The normalized spacial score (nSPS) is 19.4. The van der Waals surface area contributed by atoms with Gasteiger partial charge in [0.2, 0.25) is 5.91 Å². The van der Waals surface area contributed by atoms with Crippen molar-refractivity contribution in [2.24, 2.45) is 5.92 Å². The van der Waals surface area contributed by atoms with Crippen molar-refractivity contribution >= 4 is 29.1 Å². The van der Waals surface area contributed by atoms with Crippen molar-refractivity contribution in [3.8, 4) is 0 Å². The van der Waals surface area contributed by atoms with Crippen LogP contribution in [0.1, 0.15) is 24.8 Å². The maximum Gasteiger partial charge on any atom is 0.313 e. The summed E-state index contributed by atoms with van der Waals surface area (Å²) in [4.78, 5) is 41.0. The van der Waals surface area contributed by atoms with Crippen molar-refractivity contribution in [3.63, 3.8) is 0 Å². The summed E-state index contributed by atoms with van der Waals surface area (Å²) in [7, 11) is 0. The molecule has 29 heavy (non-hydrogen) atoms. The predicted octanol–water partition coefficient (Wildman–Crippen LogP) is 0.763. The number of carbonyl (C=O) groups is 3. The zero-order chi connectivity index (χ0) is 20.2. The van der Waals surface area contributed by atoms with Crippen LogP contribution in [0.25, 0.3) is 0 Å². The van der Waals surface area contributed by atoms with E-state index in [9.17, 15) is 14.4 Å². The summed E-state index contributed by atoms with van der Waals surface area (Å²) in [6.45, 7) is 4.90. The molecule has 2 heterocycles. The Labute approximate surface area is 170 Å². The monoisotopic (exact) mass is 400 g/mol. The van der Waals surface area contributed by atoms with Crippen molar-refractivity contribution < 1.29 is 19.1 Å². The molecule has 0 unspecified atom stereocenters. The van der Waals surface area contributed by atoms with Gasteiger partial charge >= 0.3 is 11.8 Å². The van der Waals surface area contributed by atoms with Crippen molar-refractivity contribution in [2.75, 3.05) is 56.2 Å². The van der Waals surface area contributed by atoms with Gasteiger partial charge in [0.25, 0.3) is 0 Å². The molecule has 0 radical (unpaired) electrons. The van der Waals surface area contributed by atoms with Crippen molar-refractivity contribution in [1.29, 1.82) is 0 Å². The van der Waals surface area contributed by atoms with Gasteiger partial charge in [0.1, 0.15) is 0 Å². The SMILES string of the molecule is O=C(NCCN1CCOCC1)C(=O)Nc1ccc2c(c1)N(C(=O)C1CC1)CCC2. The van der Waals surface area contributed by atoms with Gasteiger partial charge in [0, 0.05) is 50.0 Å². The minimum absolute atomic E-state index is 0.149. The Morgan fingerprint density at radius 3 is 2.62 bits per heavy atom. The first-order valence-electron chi connectivity index (χ1n) is 10.5. The van der Waals surface area contributed by atoms with Gasteiger partial charge in [-0.15, -0.1) is 0 Å². The van der Waals surface area contributed by atoms with Gasteiger partial charge < -0.3 is 20.3 Å². The average Bonchev–Trinajstić information content (AvgIpc) is 3.59. The number of aryl methyl sites for hydroxylation is 1. The van der Waals surface area contributed by atoms with Gasteiger partial charge in [-0.05, 0) is 43.4 Å². The van der Waals surface area contributed by atoms with E-state index >= 15 is 0 Å². The zero-order valence-corrected chi connectivity index (χ0v) is 16.6. The highest BCUT2D eigenvalue weighted by Gasteiger charge is 2.35. The molecule has 1 saturated carbocycles. The highest BCUT2D eigenvalue weighted by atomic mass is 16.5. The molecule has 8 nitrogen and oxygen atoms in total. The number of fused-ring (bicyclic) bond motifs is 1. The third kappa shape index (κ3) is 4.94. The van der Waals surface area contributed by atoms with Crippen LogP contribution < -0.4 is 15.5 Å². The Morgan fingerprint density at radius 2 is 1.86 bits per heavy atom. The number of hydrogen-bond acceptors (Lipinski definition) is 5. The van der Waals surface area contributed by atoms with Crippen LogP contribution in [0.15, 0.2) is 18.2 Å². The summed E-state index contributed by atoms with van der Waals surface area (Å²) in [5.41, 5.74) is 2.50. The van der Waals surface area contributed by atoms with E-state index < -0.39 is 11.8 Å². The van der Waals surface area contributed by atoms with E-state index in [0.29, 0.717) is 38.5 Å². The van der Waals surface area contributed by atoms with E-state index in [0.717, 1.165) is 50.0 Å². The first kappa shape index (κ1) is 19.8. The first-order chi connectivity index (χ1) is 14.1. The highest BCUT2D eigenvalue weighted by molar-refractivity contribution is 6.39. The van der Waals surface area contributed by atoms with E-state index in [4.69, 9.17) is 4.74 Å². The van der Waals surface area contributed by atoms with Gasteiger partial charge in [-0.1, -0.05) is 6.07 Å². The second-order valence-electron chi connectivity index (χ2n) is 7.88. The van der Waals surface area contributed by atoms with Crippen LogP contribution in [0, 0.1) is 5.92 Å². The van der Waals surface area contributed by atoms with Gasteiger partial charge in [-0.3, -0.25) is 19.3 Å². The van der Waals surface area contributed by atoms with Crippen LogP contribution >= 0.6 is 0 Å². The molecule has 0 spiro atoms. The predicted molar refractivity (Wildman–Crippen MR) is 109 cm³/mol. The number of rotatable bonds is 5. The molecule has 2 fully saturated rings. The summed E-state index contributed by atoms with van der Waals surface area (Å²) < 4.78 is 5.29. The minimum atomic E-state index is -0.692. The molecular formula is C21H28N4O4. The highest BCUT2D eigenvalue weighted by Crippen LogP contribution is 2.36. The molecule has 0 bridgehead atoms. The lowest BCUT2D eigenvalue weighted by Crippen LogP contribution is -2.43. The molecule has 2 aliphatic heterocycles. The van der Waals surface area contributed by atoms with Crippen molar-refractivity contribution in [3.05, 3.63) is 23.8 Å². The molecule has 1 aromatic carbocycles. The van der Waals surface area contributed by atoms with Crippen molar-refractivity contribution in [2.45, 2.75) is 25.7 Å². The topological polar surface area (TPSA) is 91.0 Å². The number of amides is 3. The quantitative estimate of drug-likeness (QED) is 0.713. The molecular weight excluding hydrogens is 372 g/mol. The van der Waals surface area contributed by atoms with Crippen LogP contribution in [0.4, 0.5) is 11.4 Å². The lowest BCUT2D eigenvalue weighted by Gasteiger charge is -2.30. The number of hydrogen-bond donors (Lipinski definition) is 2. The number of carbonyl (C=O) groups excluding carboxylic acids is 3. The van der Waals surface area contributed by atoms with Gasteiger partial charge in [-0.2, -0.15) is 0 Å². The van der Waals surface area contributed by atoms with Gasteiger partial charge in [-0.25, -0.2) is 0 Å². The molecule has 1 saturated heterocycles. The van der Waals surface area contributed by atoms with Crippen molar-refractivity contribution in [1.82, 2.24) is 10.2 Å². The molecule has 4 rings (SSSR count). The summed E-state index contributed by atoms with van der Waals surface area (Å²) in [6, 6.07) is 5.55. The second kappa shape index (κ2) is 8.92. The molecule has 0 atom stereocenters. The van der Waals surface area contributed by atoms with Gasteiger partial charge in [0.15, 0.2) is 0 Å². The van der Waals surface area contributed by atoms with Crippen LogP contribution in [-0.4, -0.2) is 68.6 Å². The number of ether oxygens (including phenoxy) is 1. The minimum Gasteiger partial charge on any atom is -0.379 e. The molecule has 3 aliphatic rings. The Balaban J connectivity index is 1.32. The largest absolute Gasteiger partial charge is 0.379 e. The maximum atomic E-state index is 12.6. The van der Waals surface area contributed by atoms with E-state index in [1.807, 2.05) is 17.0 Å². The van der Waals surface area contributed by atoms with Crippen LogP contribution in [-0.2, 0) is 25.5 Å². The van der Waals surface area contributed by atoms with Crippen LogP contribution in [0.3, 0.4) is 0 Å². The van der Waals surface area contributed by atoms with Gasteiger partial charge in [0.05, 0.1) is 13.2 Å². The number of nitrogens with zero attached hydrogens (tertiary/aromatic N) is 2. The standard InChI is InChI=1S/C21H28N4O4/c26-19(22-7-9-24-10-12-29-13-11-24)20(27)23-17-6-5-15-2-1-8-25(18(15)14-17)21(28)16-3-4-16/h5-6,14,16H,1-4,7-13H2,(H,22,26)(H,23,27). The van der Waals surface area contributed by atoms with E-state index in [-0.39, 0.29) is 11.8 Å². The third-order valence-corrected chi connectivity index (χ3v) is 5.68. The van der Waals surface area contributed by atoms with E-state index in [1.165, 1.54) is 0 Å². The first-order valence-corrected chi connectivity index (χ1v) is 10.5. The molecule has 2 N–H and O–H groups in total. The Morgan fingerprint density at radius 1 is 1.07 bits per heavy atom. The van der Waals surface area contributed by atoms with Crippen LogP contribution in [0.2, 0.25) is 0 Å². The fourth-order valence-corrected chi connectivity index (χ4v) is 3.85. The lowest BCUT2D eigenvalue weighted by atomic mass is 10.0. The number of benzene rings is 1. The lowest BCUT2D eigenvalue weighted by molar-refractivity contribution is -0.136. The number of nitrogens with one attached hydrogen (secondary N) is 2. The Bertz CT molecular complexity index is 787. The summed E-state index contributed by atoms with van der Waals surface area (Å²) >= 11 is 0. The Kier molecular flexibility index (Phi) is 6.10. The molecule has 156 valence electrons. The third-order valence-electron chi connectivity index (χ3n) is 5.68. The average molecular weight is 400 g/mol. The summed E-state index contributed by atoms with van der Waals surface area (Å²) in [6.07, 6.45) is 3.79. The second-order valence-corrected chi connectivity index (χ2v) is 7.88. The molecule has 3 amide bonds. The maximum absolute atomic E-state index is 12.6. The molecule has 1 aromatic rings. The van der Waals surface area contributed by atoms with E-state index in [2.05, 4.69) is 15.5 Å². The molecule has 1 aliphatic carbocycles. The Hall–Kier alpha value is -2.45. The summed E-state index contributed by atoms with van der Waals surface area (Å²) in [5, 5.41) is 5.33. The van der Waals surface area contributed by atoms with E-state index in [1.54, 1.807) is 6.07 Å². The fraction of sp³-hybridized carbons (Fsp3) is 0.571. The fourth-order valence-electron chi connectivity index (χ4n) is 3.85. The van der Waals surface area contributed by atoms with Crippen LogP contribution in [0.5, 0.6) is 0 Å². The summed E-state index contributed by atoms with van der Waals surface area (Å²) in [5.74, 6) is -1.02. The smallest absolute Gasteiger partial charge is 0.313 e. The number of anilines is 2. The molecule has 8 heteroatoms.